The van der Waals surface area contributed by atoms with Crippen LogP contribution >= 0.6 is 0 Å². The van der Waals surface area contributed by atoms with Gasteiger partial charge in [-0.05, 0) is 43.3 Å². The molecule has 1 aliphatic rings. The Bertz CT molecular complexity index is 622. The van der Waals surface area contributed by atoms with Crippen molar-refractivity contribution in [3.8, 4) is 0 Å². The average molecular weight is 283 g/mol. The zero-order valence-corrected chi connectivity index (χ0v) is 13.0. The topological polar surface area (TPSA) is 23.5 Å². The summed E-state index contributed by atoms with van der Waals surface area (Å²) in [6, 6.07) is 15.2. The first-order valence-electron chi connectivity index (χ1n) is 7.94. The molecule has 1 N–H and O–H groups in total. The Morgan fingerprint density at radius 3 is 2.57 bits per heavy atom. The molecule has 2 atom stereocenters. The van der Waals surface area contributed by atoms with Crippen LogP contribution in [0.3, 0.4) is 0 Å². The first kappa shape index (κ1) is 14.6. The number of benzene rings is 2. The highest BCUT2D eigenvalue weighted by molar-refractivity contribution is 5.83. The molecule has 0 radical (unpaired) electrons. The zero-order chi connectivity index (χ0) is 14.9. The molecule has 0 heterocycles. The Morgan fingerprint density at radius 2 is 1.86 bits per heavy atom. The number of fused-ring (bicyclic) bond motifs is 1. The molecule has 0 saturated heterocycles. The first-order chi connectivity index (χ1) is 10.1. The third-order valence-corrected chi connectivity index (χ3v) is 4.91. The molecule has 2 heteroatoms. The second-order valence-corrected chi connectivity index (χ2v) is 6.72. The van der Waals surface area contributed by atoms with Gasteiger partial charge >= 0.3 is 0 Å². The lowest BCUT2D eigenvalue weighted by molar-refractivity contribution is 0.0265. The van der Waals surface area contributed by atoms with Crippen molar-refractivity contribution < 1.29 is 5.11 Å². The van der Waals surface area contributed by atoms with E-state index in [0.717, 1.165) is 25.8 Å². The van der Waals surface area contributed by atoms with Crippen molar-refractivity contribution in [1.82, 2.24) is 4.90 Å². The van der Waals surface area contributed by atoms with Crippen LogP contribution in [0.4, 0.5) is 0 Å². The molecule has 2 aromatic rings. The zero-order valence-electron chi connectivity index (χ0n) is 13.0. The molecule has 0 aromatic heterocycles. The second kappa shape index (κ2) is 5.78. The van der Waals surface area contributed by atoms with Crippen molar-refractivity contribution in [2.24, 2.45) is 0 Å². The lowest BCUT2D eigenvalue weighted by atomic mass is 9.67. The van der Waals surface area contributed by atoms with Gasteiger partial charge in [0, 0.05) is 12.0 Å². The summed E-state index contributed by atoms with van der Waals surface area (Å²) < 4.78 is 0. The number of hydrogen-bond acceptors (Lipinski definition) is 2. The van der Waals surface area contributed by atoms with Gasteiger partial charge in [-0.1, -0.05) is 55.3 Å². The first-order valence-corrected chi connectivity index (χ1v) is 7.94. The highest BCUT2D eigenvalue weighted by Crippen LogP contribution is 2.41. The lowest BCUT2D eigenvalue weighted by Gasteiger charge is -2.44. The van der Waals surface area contributed by atoms with Gasteiger partial charge in [0.2, 0.25) is 0 Å². The number of hydrogen-bond donors (Lipinski definition) is 1. The second-order valence-electron chi connectivity index (χ2n) is 6.72. The number of aliphatic hydroxyl groups is 1. The third kappa shape index (κ3) is 2.70. The standard InChI is InChI=1S/C19H25NO/c1-20(2)14-19(12-6-5-9-18(19)21)17-11-10-15-7-3-4-8-16(15)13-17/h3-4,7-8,10-11,13,18,21H,5-6,9,12,14H2,1-2H3/t18-,19-/m1/s1. The summed E-state index contributed by atoms with van der Waals surface area (Å²) in [7, 11) is 4.20. The fourth-order valence-corrected chi connectivity index (χ4v) is 3.90. The van der Waals surface area contributed by atoms with Crippen LogP contribution in [0.25, 0.3) is 10.8 Å². The third-order valence-electron chi connectivity index (χ3n) is 4.91. The van der Waals surface area contributed by atoms with Crippen molar-refractivity contribution in [3.05, 3.63) is 48.0 Å². The van der Waals surface area contributed by atoms with Crippen molar-refractivity contribution in [3.63, 3.8) is 0 Å². The number of likely N-dealkylation sites (N-methyl/N-ethyl adjacent to an activating group) is 1. The van der Waals surface area contributed by atoms with E-state index in [0.29, 0.717) is 0 Å². The largest absolute Gasteiger partial charge is 0.392 e. The van der Waals surface area contributed by atoms with Crippen molar-refractivity contribution >= 4 is 10.8 Å². The van der Waals surface area contributed by atoms with Crippen LogP contribution in [0.2, 0.25) is 0 Å². The predicted octanol–water partition coefficient (Wildman–Crippen LogP) is 3.57. The summed E-state index contributed by atoms with van der Waals surface area (Å²) in [6.07, 6.45) is 4.10. The maximum atomic E-state index is 10.8. The predicted molar refractivity (Wildman–Crippen MR) is 88.7 cm³/mol. The van der Waals surface area contributed by atoms with Crippen molar-refractivity contribution in [2.45, 2.75) is 37.2 Å². The van der Waals surface area contributed by atoms with Gasteiger partial charge in [0.1, 0.15) is 0 Å². The fourth-order valence-electron chi connectivity index (χ4n) is 3.90. The van der Waals surface area contributed by atoms with Gasteiger partial charge in [0.05, 0.1) is 6.10 Å². The van der Waals surface area contributed by atoms with Crippen LogP contribution in [-0.4, -0.2) is 36.8 Å². The van der Waals surface area contributed by atoms with Gasteiger partial charge in [-0.3, -0.25) is 0 Å². The molecule has 1 fully saturated rings. The molecular weight excluding hydrogens is 258 g/mol. The van der Waals surface area contributed by atoms with Crippen LogP contribution < -0.4 is 0 Å². The SMILES string of the molecule is CN(C)C[C@@]1(c2ccc3ccccc3c2)CCCC[C@H]1O. The van der Waals surface area contributed by atoms with Crippen molar-refractivity contribution in [1.29, 1.82) is 0 Å². The van der Waals surface area contributed by atoms with E-state index in [1.165, 1.54) is 22.8 Å². The summed E-state index contributed by atoms with van der Waals surface area (Å²) in [4.78, 5) is 2.21. The quantitative estimate of drug-likeness (QED) is 0.931. The van der Waals surface area contributed by atoms with Gasteiger partial charge < -0.3 is 10.0 Å². The molecule has 0 bridgehead atoms. The average Bonchev–Trinajstić information content (AvgIpc) is 2.49. The van der Waals surface area contributed by atoms with E-state index in [2.05, 4.69) is 61.5 Å². The molecule has 1 saturated carbocycles. The molecule has 0 spiro atoms. The van der Waals surface area contributed by atoms with Crippen LogP contribution in [0.15, 0.2) is 42.5 Å². The lowest BCUT2D eigenvalue weighted by Crippen LogP contribution is -2.49. The van der Waals surface area contributed by atoms with E-state index in [1.807, 2.05) is 0 Å². The van der Waals surface area contributed by atoms with Crippen LogP contribution in [-0.2, 0) is 5.41 Å². The molecule has 0 aliphatic heterocycles. The van der Waals surface area contributed by atoms with Gasteiger partial charge in [-0.2, -0.15) is 0 Å². The molecule has 1 aliphatic carbocycles. The molecular formula is C19H25NO. The van der Waals surface area contributed by atoms with E-state index in [9.17, 15) is 5.11 Å². The van der Waals surface area contributed by atoms with E-state index < -0.39 is 0 Å². The Balaban J connectivity index is 2.09. The molecule has 2 nitrogen and oxygen atoms in total. The minimum Gasteiger partial charge on any atom is -0.392 e. The summed E-state index contributed by atoms with van der Waals surface area (Å²) >= 11 is 0. The van der Waals surface area contributed by atoms with Crippen LogP contribution in [0.1, 0.15) is 31.2 Å². The van der Waals surface area contributed by atoms with E-state index in [-0.39, 0.29) is 11.5 Å². The monoisotopic (exact) mass is 283 g/mol. The molecule has 2 aromatic carbocycles. The highest BCUT2D eigenvalue weighted by Gasteiger charge is 2.41. The summed E-state index contributed by atoms with van der Waals surface area (Å²) in [5, 5.41) is 13.3. The molecule has 0 amide bonds. The fraction of sp³-hybridized carbons (Fsp3) is 0.474. The molecule has 112 valence electrons. The van der Waals surface area contributed by atoms with E-state index in [1.54, 1.807) is 0 Å². The van der Waals surface area contributed by atoms with Gasteiger partial charge in [-0.15, -0.1) is 0 Å². The van der Waals surface area contributed by atoms with Crippen LogP contribution in [0, 0.1) is 0 Å². The smallest absolute Gasteiger partial charge is 0.0649 e. The summed E-state index contributed by atoms with van der Waals surface area (Å²) in [5.74, 6) is 0. The van der Waals surface area contributed by atoms with Crippen molar-refractivity contribution in [2.75, 3.05) is 20.6 Å². The van der Waals surface area contributed by atoms with Gasteiger partial charge in [0.25, 0.3) is 0 Å². The number of aliphatic hydroxyl groups excluding tert-OH is 1. The van der Waals surface area contributed by atoms with Gasteiger partial charge in [0.15, 0.2) is 0 Å². The Morgan fingerprint density at radius 1 is 1.10 bits per heavy atom. The van der Waals surface area contributed by atoms with E-state index in [4.69, 9.17) is 0 Å². The Hall–Kier alpha value is -1.38. The van der Waals surface area contributed by atoms with E-state index >= 15 is 0 Å². The highest BCUT2D eigenvalue weighted by atomic mass is 16.3. The molecule has 3 rings (SSSR count). The Kier molecular flexibility index (Phi) is 4.01. The number of nitrogens with zero attached hydrogens (tertiary/aromatic N) is 1. The normalized spacial score (nSPS) is 26.4. The minimum atomic E-state index is -0.241. The van der Waals surface area contributed by atoms with Gasteiger partial charge in [-0.25, -0.2) is 0 Å². The maximum Gasteiger partial charge on any atom is 0.0649 e. The summed E-state index contributed by atoms with van der Waals surface area (Å²) in [6.45, 7) is 0.909. The molecule has 21 heavy (non-hydrogen) atoms. The summed E-state index contributed by atoms with van der Waals surface area (Å²) in [5.41, 5.74) is 1.17. The minimum absolute atomic E-state index is 0.119. The van der Waals surface area contributed by atoms with Crippen LogP contribution in [0.5, 0.6) is 0 Å². The Labute approximate surface area is 127 Å². The molecule has 0 unspecified atom stereocenters. The number of rotatable bonds is 3. The maximum absolute atomic E-state index is 10.8.